The van der Waals surface area contributed by atoms with E-state index < -0.39 is 69.3 Å². The largest absolute Gasteiger partial charge is 0.465 e. The molecule has 0 radical (unpaired) electrons. The molecule has 46 heavy (non-hydrogen) atoms. The maximum Gasteiger partial charge on any atom is 0.338 e. The highest BCUT2D eigenvalue weighted by molar-refractivity contribution is 6.31. The number of nitrogens with zero attached hydrogens (tertiary/aromatic N) is 3. The van der Waals surface area contributed by atoms with E-state index in [9.17, 15) is 34.9 Å². The number of methoxy groups -OCH3 is 1. The zero-order chi connectivity index (χ0) is 33.7. The summed E-state index contributed by atoms with van der Waals surface area (Å²) in [6.07, 6.45) is -2.14. The molecule has 0 aromatic heterocycles. The number of aliphatic hydroxyl groups is 1. The second-order valence-electron chi connectivity index (χ2n) is 11.7. The van der Waals surface area contributed by atoms with E-state index in [1.54, 1.807) is 11.0 Å². The van der Waals surface area contributed by atoms with Gasteiger partial charge in [0.25, 0.3) is 11.6 Å². The smallest absolute Gasteiger partial charge is 0.338 e. The molecule has 15 heteroatoms. The molecule has 1 saturated heterocycles. The van der Waals surface area contributed by atoms with Crippen LogP contribution in [0.4, 0.5) is 15.8 Å². The summed E-state index contributed by atoms with van der Waals surface area (Å²) in [5, 5.41) is 39.5. The first-order valence-electron chi connectivity index (χ1n) is 14.2. The Morgan fingerprint density at radius 2 is 1.87 bits per heavy atom. The molecule has 1 fully saturated rings. The Hall–Kier alpha value is -4.17. The van der Waals surface area contributed by atoms with Crippen LogP contribution in [0.3, 0.4) is 0 Å². The van der Waals surface area contributed by atoms with Gasteiger partial charge in [-0.05, 0) is 42.7 Å². The quantitative estimate of drug-likeness (QED) is 0.160. The van der Waals surface area contributed by atoms with Crippen molar-refractivity contribution in [3.8, 4) is 0 Å². The Balaban J connectivity index is 1.75. The lowest BCUT2D eigenvalue weighted by Gasteiger charge is -2.40. The number of carbonyl (C=O) groups is 2. The second-order valence-corrected chi connectivity index (χ2v) is 12.5. The normalized spacial score (nSPS) is 23.0. The minimum Gasteiger partial charge on any atom is -0.465 e. The van der Waals surface area contributed by atoms with E-state index in [1.165, 1.54) is 42.5 Å². The topological polar surface area (TPSA) is 165 Å². The van der Waals surface area contributed by atoms with E-state index >= 15 is 4.39 Å². The highest BCUT2D eigenvalue weighted by atomic mass is 35.5. The summed E-state index contributed by atoms with van der Waals surface area (Å²) in [5.41, 5.74) is -2.38. The molecule has 2 heterocycles. The lowest BCUT2D eigenvalue weighted by atomic mass is 9.73. The van der Waals surface area contributed by atoms with Crippen LogP contribution in [0.25, 0.3) is 0 Å². The molecule has 3 aromatic rings. The molecule has 3 aromatic carbocycles. The maximum atomic E-state index is 15.9. The van der Waals surface area contributed by atoms with Crippen molar-refractivity contribution in [1.82, 2.24) is 4.90 Å². The number of benzene rings is 3. The molecule has 1 amide bonds. The number of hydrogen-bond acceptors (Lipinski definition) is 9. The van der Waals surface area contributed by atoms with Gasteiger partial charge in [-0.25, -0.2) is 9.18 Å². The van der Waals surface area contributed by atoms with Crippen molar-refractivity contribution < 1.29 is 33.7 Å². The number of aliphatic hydroxyl groups excluding tert-OH is 1. The summed E-state index contributed by atoms with van der Waals surface area (Å²) in [6.45, 7) is 3.75. The first-order chi connectivity index (χ1) is 21.7. The third kappa shape index (κ3) is 5.36. The molecule has 2 aliphatic rings. The van der Waals surface area contributed by atoms with E-state index in [1.807, 2.05) is 13.8 Å². The van der Waals surface area contributed by atoms with Crippen LogP contribution in [0.15, 0.2) is 54.6 Å². The fraction of sp³-hybridized carbons (Fsp3) is 0.355. The van der Waals surface area contributed by atoms with Gasteiger partial charge in [0, 0.05) is 39.4 Å². The first-order valence-corrected chi connectivity index (χ1v) is 15.0. The van der Waals surface area contributed by atoms with Gasteiger partial charge >= 0.3 is 5.97 Å². The second kappa shape index (κ2) is 12.6. The number of nitrogens with one attached hydrogen (secondary N) is 1. The summed E-state index contributed by atoms with van der Waals surface area (Å²) < 4.78 is 20.6. The molecule has 1 unspecified atom stereocenters. The number of nitro groups is 2. The van der Waals surface area contributed by atoms with Crippen molar-refractivity contribution in [2.24, 2.45) is 5.92 Å². The Morgan fingerprint density at radius 1 is 1.15 bits per heavy atom. The number of likely N-dealkylation sites (tertiary alicyclic amines) is 1. The molecular weight excluding hydrogens is 646 g/mol. The van der Waals surface area contributed by atoms with Crippen LogP contribution in [0.5, 0.6) is 0 Å². The minimum atomic E-state index is -1.86. The van der Waals surface area contributed by atoms with Crippen molar-refractivity contribution in [3.05, 3.63) is 113 Å². The molecule has 12 nitrogen and oxygen atoms in total. The number of ether oxygens (including phenoxy) is 1. The molecule has 0 aliphatic carbocycles. The zero-order valence-corrected chi connectivity index (χ0v) is 26.3. The van der Waals surface area contributed by atoms with Gasteiger partial charge in [0.1, 0.15) is 11.4 Å². The number of fused-ring (bicyclic) bond motifs is 2. The molecule has 0 bridgehead atoms. The standard InChI is InChI=1S/C31H29Cl2FN4O8/c1-15(2)14-36-24(13-25(39)18-9-7-16(29(40)46-3)11-23(18)37(42)43)28(38(44)45)26(19-5-4-6-21(33)27(19)34)31(36)20-10-8-17(32)12-22(20)35-30(31)41/h4-12,15,24-26,28,39H,13-14H2,1-3H3,(H,35,41)/t24-,25?,26-,28+,31+/m0/s1. The summed E-state index contributed by atoms with van der Waals surface area (Å²) in [5.74, 6) is -4.08. The monoisotopic (exact) mass is 674 g/mol. The molecule has 2 aliphatic heterocycles. The van der Waals surface area contributed by atoms with Gasteiger partial charge in [0.2, 0.25) is 6.04 Å². The number of nitro benzene ring substituents is 1. The Morgan fingerprint density at radius 3 is 2.50 bits per heavy atom. The third-order valence-electron chi connectivity index (χ3n) is 8.62. The van der Waals surface area contributed by atoms with Crippen molar-refractivity contribution >= 4 is 46.5 Å². The van der Waals surface area contributed by atoms with Crippen LogP contribution >= 0.6 is 23.2 Å². The Kier molecular flexibility index (Phi) is 9.06. The van der Waals surface area contributed by atoms with Crippen molar-refractivity contribution in [2.75, 3.05) is 19.0 Å². The van der Waals surface area contributed by atoms with E-state index in [4.69, 9.17) is 23.2 Å². The number of carbonyl (C=O) groups excluding carboxylic acids is 2. The fourth-order valence-corrected chi connectivity index (χ4v) is 7.29. The fourth-order valence-electron chi connectivity index (χ4n) is 6.94. The molecular formula is C31H29Cl2FN4O8. The van der Waals surface area contributed by atoms with Gasteiger partial charge in [0.15, 0.2) is 0 Å². The predicted octanol–water partition coefficient (Wildman–Crippen LogP) is 5.87. The number of anilines is 1. The number of esters is 1. The van der Waals surface area contributed by atoms with Gasteiger partial charge < -0.3 is 15.2 Å². The third-order valence-corrected chi connectivity index (χ3v) is 9.15. The molecule has 5 rings (SSSR count). The van der Waals surface area contributed by atoms with Crippen molar-refractivity contribution in [2.45, 2.75) is 49.9 Å². The van der Waals surface area contributed by atoms with Crippen LogP contribution in [0.2, 0.25) is 10.0 Å². The highest BCUT2D eigenvalue weighted by Crippen LogP contribution is 2.59. The van der Waals surface area contributed by atoms with Crippen molar-refractivity contribution in [3.63, 3.8) is 0 Å². The maximum absolute atomic E-state index is 15.9. The summed E-state index contributed by atoms with van der Waals surface area (Å²) in [4.78, 5) is 51.7. The number of hydrogen-bond donors (Lipinski definition) is 2. The predicted molar refractivity (Wildman–Crippen MR) is 166 cm³/mol. The summed E-state index contributed by atoms with van der Waals surface area (Å²) in [7, 11) is 1.11. The van der Waals surface area contributed by atoms with Crippen LogP contribution in [0.1, 0.15) is 59.3 Å². The average Bonchev–Trinajstić information content (AvgIpc) is 3.44. The van der Waals surface area contributed by atoms with Crippen LogP contribution in [-0.4, -0.2) is 57.5 Å². The van der Waals surface area contributed by atoms with E-state index in [-0.39, 0.29) is 44.9 Å². The number of halogens is 3. The van der Waals surface area contributed by atoms with Gasteiger partial charge in [-0.3, -0.25) is 29.9 Å². The average molecular weight is 675 g/mol. The lowest BCUT2D eigenvalue weighted by Crippen LogP contribution is -2.53. The Labute approximate surface area is 272 Å². The summed E-state index contributed by atoms with van der Waals surface area (Å²) >= 11 is 12.4. The van der Waals surface area contributed by atoms with Crippen LogP contribution in [-0.2, 0) is 15.1 Å². The van der Waals surface area contributed by atoms with Crippen LogP contribution < -0.4 is 5.32 Å². The van der Waals surface area contributed by atoms with Gasteiger partial charge in [0.05, 0.1) is 46.2 Å². The number of rotatable bonds is 9. The molecule has 2 N–H and O–H groups in total. The molecule has 0 saturated carbocycles. The first kappa shape index (κ1) is 33.2. The lowest BCUT2D eigenvalue weighted by molar-refractivity contribution is -0.528. The number of amides is 1. The SMILES string of the molecule is COC(=O)c1ccc(C(O)C[C@H]2[C@@H]([N+](=O)[O-])[C@H](c3cccc(Cl)c3F)[C@]3(C(=O)Nc4cc(Cl)ccc43)N2CC(C)C)c([N+](=O)[O-])c1. The highest BCUT2D eigenvalue weighted by Gasteiger charge is 2.71. The molecule has 1 spiro atoms. The molecule has 242 valence electrons. The Bertz CT molecular complexity index is 1760. The minimum absolute atomic E-state index is 0.0826. The van der Waals surface area contributed by atoms with Crippen LogP contribution in [0, 0.1) is 32.0 Å². The summed E-state index contributed by atoms with van der Waals surface area (Å²) in [6, 6.07) is 9.04. The van der Waals surface area contributed by atoms with E-state index in [0.717, 1.165) is 13.2 Å². The van der Waals surface area contributed by atoms with E-state index in [2.05, 4.69) is 10.1 Å². The van der Waals surface area contributed by atoms with Gasteiger partial charge in [-0.15, -0.1) is 0 Å². The van der Waals surface area contributed by atoms with E-state index in [0.29, 0.717) is 5.56 Å². The van der Waals surface area contributed by atoms with Crippen molar-refractivity contribution in [1.29, 1.82) is 0 Å². The van der Waals surface area contributed by atoms with Gasteiger partial charge in [-0.2, -0.15) is 0 Å². The zero-order valence-electron chi connectivity index (χ0n) is 24.8. The molecule has 5 atom stereocenters. The van der Waals surface area contributed by atoms with Gasteiger partial charge in [-0.1, -0.05) is 55.2 Å².